The number of hydrogen-bond acceptors (Lipinski definition) is 5. The fourth-order valence-electron chi connectivity index (χ4n) is 2.94. The average molecular weight is 342 g/mol. The van der Waals surface area contributed by atoms with Crippen molar-refractivity contribution in [1.29, 1.82) is 0 Å². The number of nitrogens with zero attached hydrogens (tertiary/aromatic N) is 1. The van der Waals surface area contributed by atoms with Gasteiger partial charge in [-0.3, -0.25) is 19.3 Å². The predicted molar refractivity (Wildman–Crippen MR) is 88.9 cm³/mol. The second kappa shape index (κ2) is 7.66. The molecular weight excluding hydrogens is 316 g/mol. The third kappa shape index (κ3) is 4.94. The highest BCUT2D eigenvalue weighted by Gasteiger charge is 2.40. The van der Waals surface area contributed by atoms with Crippen LogP contribution in [-0.4, -0.2) is 56.9 Å². The average Bonchev–Trinajstić information content (AvgIpc) is 3.07. The molecule has 1 saturated carbocycles. The third-order valence-corrected chi connectivity index (χ3v) is 5.85. The van der Waals surface area contributed by atoms with Crippen molar-refractivity contribution in [1.82, 2.24) is 10.2 Å². The largest absolute Gasteiger partial charge is 0.394 e. The molecule has 1 aliphatic carbocycles. The zero-order valence-corrected chi connectivity index (χ0v) is 14.7. The lowest BCUT2D eigenvalue weighted by Crippen LogP contribution is -2.47. The van der Waals surface area contributed by atoms with Gasteiger partial charge >= 0.3 is 0 Å². The van der Waals surface area contributed by atoms with E-state index in [9.17, 15) is 14.4 Å². The second-order valence-electron chi connectivity index (χ2n) is 6.96. The molecule has 2 N–H and O–H groups in total. The van der Waals surface area contributed by atoms with Crippen LogP contribution < -0.4 is 5.32 Å². The van der Waals surface area contributed by atoms with Gasteiger partial charge in [0.25, 0.3) is 0 Å². The molecule has 0 bridgehead atoms. The second-order valence-corrected chi connectivity index (χ2v) is 8.47. The van der Waals surface area contributed by atoms with E-state index >= 15 is 0 Å². The summed E-state index contributed by atoms with van der Waals surface area (Å²) in [6, 6.07) is 0. The highest BCUT2D eigenvalue weighted by atomic mass is 32.2. The molecule has 6 nitrogen and oxygen atoms in total. The molecule has 2 aliphatic rings. The van der Waals surface area contributed by atoms with Crippen molar-refractivity contribution in [3.05, 3.63) is 0 Å². The molecule has 1 saturated heterocycles. The molecular formula is C16H26N2O4S. The molecule has 3 amide bonds. The first-order valence-corrected chi connectivity index (χ1v) is 9.18. The fraction of sp³-hybridized carbons (Fsp3) is 0.812. The SMILES string of the molecule is CC(C)(CO)NC(=O)CCN1C(=O)CC(SC2CCCC2)C1=O. The third-order valence-electron chi connectivity index (χ3n) is 4.30. The van der Waals surface area contributed by atoms with Crippen LogP contribution in [-0.2, 0) is 14.4 Å². The standard InChI is InChI=1S/C16H26N2O4S/c1-16(2,10-19)17-13(20)7-8-18-14(21)9-12(15(18)22)23-11-5-3-4-6-11/h11-12,19H,3-10H2,1-2H3,(H,17,20). The summed E-state index contributed by atoms with van der Waals surface area (Å²) in [4.78, 5) is 37.5. The van der Waals surface area contributed by atoms with Gasteiger partial charge in [0.1, 0.15) is 0 Å². The molecule has 7 heteroatoms. The summed E-state index contributed by atoms with van der Waals surface area (Å²) in [6.07, 6.45) is 4.99. The minimum absolute atomic E-state index is 0.0712. The van der Waals surface area contributed by atoms with Gasteiger partial charge in [0.05, 0.1) is 17.4 Å². The molecule has 2 rings (SSSR count). The molecule has 0 radical (unpaired) electrons. The lowest BCUT2D eigenvalue weighted by atomic mass is 10.1. The Kier molecular flexibility index (Phi) is 6.08. The van der Waals surface area contributed by atoms with E-state index in [0.29, 0.717) is 5.25 Å². The number of carbonyl (C=O) groups excluding carboxylic acids is 3. The first kappa shape index (κ1) is 18.3. The minimum atomic E-state index is -0.697. The van der Waals surface area contributed by atoms with Crippen LogP contribution in [0.2, 0.25) is 0 Å². The topological polar surface area (TPSA) is 86.7 Å². The van der Waals surface area contributed by atoms with Gasteiger partial charge in [-0.25, -0.2) is 0 Å². The summed E-state index contributed by atoms with van der Waals surface area (Å²) in [5.74, 6) is -0.600. The Balaban J connectivity index is 1.82. The van der Waals surface area contributed by atoms with E-state index in [-0.39, 0.29) is 49.0 Å². The van der Waals surface area contributed by atoms with E-state index in [0.717, 1.165) is 12.8 Å². The number of imide groups is 1. The summed E-state index contributed by atoms with van der Waals surface area (Å²) < 4.78 is 0. The zero-order chi connectivity index (χ0) is 17.0. The van der Waals surface area contributed by atoms with Crippen molar-refractivity contribution in [3.8, 4) is 0 Å². The smallest absolute Gasteiger partial charge is 0.242 e. The van der Waals surface area contributed by atoms with Crippen molar-refractivity contribution in [2.45, 2.75) is 68.4 Å². The van der Waals surface area contributed by atoms with Gasteiger partial charge < -0.3 is 10.4 Å². The first-order valence-electron chi connectivity index (χ1n) is 8.24. The summed E-state index contributed by atoms with van der Waals surface area (Å²) in [5, 5.41) is 12.0. The quantitative estimate of drug-likeness (QED) is 0.676. The van der Waals surface area contributed by atoms with Gasteiger partial charge in [0.2, 0.25) is 17.7 Å². The molecule has 1 heterocycles. The number of carbonyl (C=O) groups is 3. The van der Waals surface area contributed by atoms with Crippen LogP contribution in [0.3, 0.4) is 0 Å². The van der Waals surface area contributed by atoms with E-state index in [1.54, 1.807) is 25.6 Å². The molecule has 23 heavy (non-hydrogen) atoms. The van der Waals surface area contributed by atoms with E-state index < -0.39 is 5.54 Å². The van der Waals surface area contributed by atoms with Crippen LogP contribution in [0.1, 0.15) is 52.4 Å². The van der Waals surface area contributed by atoms with Crippen LogP contribution in [0.25, 0.3) is 0 Å². The first-order chi connectivity index (χ1) is 10.8. The molecule has 0 spiro atoms. The van der Waals surface area contributed by atoms with Crippen LogP contribution >= 0.6 is 11.8 Å². The lowest BCUT2D eigenvalue weighted by molar-refractivity contribution is -0.138. The molecule has 0 aromatic heterocycles. The van der Waals surface area contributed by atoms with Gasteiger partial charge in [-0.15, -0.1) is 11.8 Å². The van der Waals surface area contributed by atoms with Crippen molar-refractivity contribution >= 4 is 29.5 Å². The molecule has 2 fully saturated rings. The number of nitrogens with one attached hydrogen (secondary N) is 1. The van der Waals surface area contributed by atoms with Crippen molar-refractivity contribution in [2.24, 2.45) is 0 Å². The van der Waals surface area contributed by atoms with E-state index in [1.807, 2.05) is 0 Å². The number of rotatable bonds is 7. The monoisotopic (exact) mass is 342 g/mol. The molecule has 1 unspecified atom stereocenters. The summed E-state index contributed by atoms with van der Waals surface area (Å²) in [7, 11) is 0. The highest BCUT2D eigenvalue weighted by Crippen LogP contribution is 2.36. The predicted octanol–water partition coefficient (Wildman–Crippen LogP) is 1.07. The molecule has 130 valence electrons. The minimum Gasteiger partial charge on any atom is -0.394 e. The normalized spacial score (nSPS) is 22.9. The van der Waals surface area contributed by atoms with Crippen molar-refractivity contribution in [3.63, 3.8) is 0 Å². The Labute approximate surface area is 141 Å². The van der Waals surface area contributed by atoms with Gasteiger partial charge in [0, 0.05) is 24.6 Å². The zero-order valence-electron chi connectivity index (χ0n) is 13.8. The highest BCUT2D eigenvalue weighted by molar-refractivity contribution is 8.01. The summed E-state index contributed by atoms with van der Waals surface area (Å²) in [5.41, 5.74) is -0.697. The van der Waals surface area contributed by atoms with Crippen LogP contribution in [0.5, 0.6) is 0 Å². The Hall–Kier alpha value is -1.08. The molecule has 0 aromatic carbocycles. The Morgan fingerprint density at radius 3 is 2.61 bits per heavy atom. The van der Waals surface area contributed by atoms with Gasteiger partial charge in [-0.1, -0.05) is 12.8 Å². The molecule has 1 aliphatic heterocycles. The maximum atomic E-state index is 12.4. The Morgan fingerprint density at radius 1 is 1.35 bits per heavy atom. The van der Waals surface area contributed by atoms with Crippen LogP contribution in [0.15, 0.2) is 0 Å². The van der Waals surface area contributed by atoms with E-state index in [2.05, 4.69) is 5.32 Å². The summed E-state index contributed by atoms with van der Waals surface area (Å²) >= 11 is 1.63. The number of aliphatic hydroxyl groups is 1. The van der Waals surface area contributed by atoms with Crippen molar-refractivity contribution < 1.29 is 19.5 Å². The van der Waals surface area contributed by atoms with Crippen LogP contribution in [0.4, 0.5) is 0 Å². The fourth-order valence-corrected chi connectivity index (χ4v) is 4.50. The number of thioether (sulfide) groups is 1. The Morgan fingerprint density at radius 2 is 2.00 bits per heavy atom. The van der Waals surface area contributed by atoms with Crippen molar-refractivity contribution in [2.75, 3.05) is 13.2 Å². The number of amides is 3. The van der Waals surface area contributed by atoms with E-state index in [4.69, 9.17) is 5.11 Å². The maximum Gasteiger partial charge on any atom is 0.242 e. The maximum absolute atomic E-state index is 12.4. The van der Waals surface area contributed by atoms with Crippen LogP contribution in [0, 0.1) is 0 Å². The van der Waals surface area contributed by atoms with E-state index in [1.165, 1.54) is 17.7 Å². The number of aliphatic hydroxyl groups excluding tert-OH is 1. The number of hydrogen-bond donors (Lipinski definition) is 2. The van der Waals surface area contributed by atoms with Gasteiger partial charge in [-0.2, -0.15) is 0 Å². The molecule has 0 aromatic rings. The lowest BCUT2D eigenvalue weighted by Gasteiger charge is -2.24. The number of likely N-dealkylation sites (tertiary alicyclic amines) is 1. The van der Waals surface area contributed by atoms with Gasteiger partial charge in [0.15, 0.2) is 0 Å². The summed E-state index contributed by atoms with van der Waals surface area (Å²) in [6.45, 7) is 3.38. The Bertz CT molecular complexity index is 475. The van der Waals surface area contributed by atoms with Gasteiger partial charge in [-0.05, 0) is 26.7 Å². The molecule has 1 atom stereocenters.